The second-order valence-corrected chi connectivity index (χ2v) is 4.58. The van der Waals surface area contributed by atoms with Crippen LogP contribution in [0.2, 0.25) is 0 Å². The van der Waals surface area contributed by atoms with E-state index >= 15 is 0 Å². The van der Waals surface area contributed by atoms with Gasteiger partial charge in [-0.2, -0.15) is 0 Å². The van der Waals surface area contributed by atoms with Crippen LogP contribution in [-0.4, -0.2) is 17.4 Å². The number of nitrogens with one attached hydrogen (secondary N) is 1. The lowest BCUT2D eigenvalue weighted by Crippen LogP contribution is -2.25. The number of alkyl halides is 1. The third-order valence-corrected chi connectivity index (χ3v) is 2.72. The van der Waals surface area contributed by atoms with Gasteiger partial charge >= 0.3 is 0 Å². The Balaban J connectivity index is 2.54. The molecule has 0 aromatic carbocycles. The number of hydrogen-bond donors (Lipinski definition) is 1. The predicted molar refractivity (Wildman–Crippen MR) is 62.0 cm³/mol. The van der Waals surface area contributed by atoms with Crippen LogP contribution in [-0.2, 0) is 0 Å². The lowest BCUT2D eigenvalue weighted by atomic mass is 9.97. The van der Waals surface area contributed by atoms with Crippen LogP contribution in [0.5, 0.6) is 0 Å². The zero-order valence-electron chi connectivity index (χ0n) is 8.97. The quantitative estimate of drug-likeness (QED) is 0.776. The van der Waals surface area contributed by atoms with Gasteiger partial charge in [0.25, 0.3) is 0 Å². The smallest absolute Gasteiger partial charge is 0.126 e. The van der Waals surface area contributed by atoms with Crippen molar-refractivity contribution in [2.24, 2.45) is 5.41 Å². The maximum Gasteiger partial charge on any atom is 0.126 e. The van der Waals surface area contributed by atoms with Crippen LogP contribution in [0.25, 0.3) is 0 Å². The molecule has 3 heteroatoms. The molecule has 0 saturated carbocycles. The molecule has 0 aliphatic carbocycles. The van der Waals surface area contributed by atoms with Gasteiger partial charge in [-0.1, -0.05) is 19.9 Å². The van der Waals surface area contributed by atoms with Crippen molar-refractivity contribution in [2.75, 3.05) is 17.7 Å². The second-order valence-electron chi connectivity index (χ2n) is 4.32. The number of anilines is 1. The summed E-state index contributed by atoms with van der Waals surface area (Å²) in [4.78, 5) is 4.36. The molecule has 14 heavy (non-hydrogen) atoms. The van der Waals surface area contributed by atoms with E-state index in [0.29, 0.717) is 5.88 Å². The molecule has 1 aromatic rings. The molecule has 0 aliphatic heterocycles. The lowest BCUT2D eigenvalue weighted by Gasteiger charge is -2.21. The molecular weight excluding hydrogens is 196 g/mol. The fraction of sp³-hybridized carbons (Fsp3) is 0.545. The van der Waals surface area contributed by atoms with Crippen LogP contribution >= 0.6 is 11.6 Å². The van der Waals surface area contributed by atoms with E-state index in [2.05, 4.69) is 24.1 Å². The Morgan fingerprint density at radius 1 is 1.43 bits per heavy atom. The molecule has 1 aromatic heterocycles. The third kappa shape index (κ3) is 3.54. The van der Waals surface area contributed by atoms with Gasteiger partial charge in [-0.05, 0) is 24.5 Å². The number of nitrogens with zero attached hydrogens (tertiary/aromatic N) is 1. The van der Waals surface area contributed by atoms with Gasteiger partial charge in [-0.25, -0.2) is 4.98 Å². The highest BCUT2D eigenvalue weighted by Gasteiger charge is 2.15. The minimum absolute atomic E-state index is 0.104. The molecule has 1 rings (SSSR count). The zero-order chi connectivity index (χ0) is 10.6. The highest BCUT2D eigenvalue weighted by Crippen LogP contribution is 2.17. The number of pyridine rings is 1. The van der Waals surface area contributed by atoms with Crippen molar-refractivity contribution >= 4 is 17.4 Å². The SMILES string of the molecule is Cc1cccc(NCC(C)(C)CCl)n1. The summed E-state index contributed by atoms with van der Waals surface area (Å²) in [5.74, 6) is 1.56. The van der Waals surface area contributed by atoms with E-state index in [1.807, 2.05) is 25.1 Å². The third-order valence-electron chi connectivity index (χ3n) is 2.00. The average molecular weight is 213 g/mol. The summed E-state index contributed by atoms with van der Waals surface area (Å²) >= 11 is 5.83. The molecule has 2 nitrogen and oxygen atoms in total. The standard InChI is InChI=1S/C11H17ClN2/c1-9-5-4-6-10(14-9)13-8-11(2,3)7-12/h4-6H,7-8H2,1-3H3,(H,13,14). The van der Waals surface area contributed by atoms with Gasteiger partial charge in [0.2, 0.25) is 0 Å². The van der Waals surface area contributed by atoms with Gasteiger partial charge in [0.1, 0.15) is 5.82 Å². The van der Waals surface area contributed by atoms with Crippen molar-refractivity contribution in [3.05, 3.63) is 23.9 Å². The molecule has 0 bridgehead atoms. The van der Waals surface area contributed by atoms with Crippen LogP contribution in [0, 0.1) is 12.3 Å². The molecule has 1 heterocycles. The topological polar surface area (TPSA) is 24.9 Å². The first-order chi connectivity index (χ1) is 6.53. The minimum Gasteiger partial charge on any atom is -0.369 e. The van der Waals surface area contributed by atoms with Crippen molar-refractivity contribution in [1.82, 2.24) is 4.98 Å². The summed E-state index contributed by atoms with van der Waals surface area (Å²) in [6, 6.07) is 5.95. The van der Waals surface area contributed by atoms with Gasteiger partial charge in [0.05, 0.1) is 0 Å². The van der Waals surface area contributed by atoms with Gasteiger partial charge in [-0.15, -0.1) is 11.6 Å². The Bertz CT molecular complexity index is 297. The molecule has 78 valence electrons. The maximum absolute atomic E-state index is 5.83. The van der Waals surface area contributed by atoms with Crippen LogP contribution in [0.15, 0.2) is 18.2 Å². The normalized spacial score (nSPS) is 11.4. The minimum atomic E-state index is 0.104. The van der Waals surface area contributed by atoms with Crippen LogP contribution in [0.3, 0.4) is 0 Å². The first-order valence-electron chi connectivity index (χ1n) is 4.77. The van der Waals surface area contributed by atoms with Crippen molar-refractivity contribution in [2.45, 2.75) is 20.8 Å². The summed E-state index contributed by atoms with van der Waals surface area (Å²) < 4.78 is 0. The second kappa shape index (κ2) is 4.65. The Hall–Kier alpha value is -0.760. The molecular formula is C11H17ClN2. The first-order valence-corrected chi connectivity index (χ1v) is 5.30. The van der Waals surface area contributed by atoms with Gasteiger partial charge in [0, 0.05) is 18.1 Å². The fourth-order valence-electron chi connectivity index (χ4n) is 1.02. The molecule has 1 N–H and O–H groups in total. The van der Waals surface area contributed by atoms with Gasteiger partial charge in [0.15, 0.2) is 0 Å². The number of hydrogen-bond acceptors (Lipinski definition) is 2. The van der Waals surface area contributed by atoms with Crippen molar-refractivity contribution in [3.63, 3.8) is 0 Å². The van der Waals surface area contributed by atoms with Crippen molar-refractivity contribution < 1.29 is 0 Å². The van der Waals surface area contributed by atoms with Gasteiger partial charge in [-0.3, -0.25) is 0 Å². The summed E-state index contributed by atoms with van der Waals surface area (Å²) in [6.07, 6.45) is 0. The molecule has 0 unspecified atom stereocenters. The van der Waals surface area contributed by atoms with Crippen LogP contribution in [0.4, 0.5) is 5.82 Å². The van der Waals surface area contributed by atoms with Crippen LogP contribution in [0.1, 0.15) is 19.5 Å². The maximum atomic E-state index is 5.83. The fourth-order valence-corrected chi connectivity index (χ4v) is 1.11. The van der Waals surface area contributed by atoms with E-state index < -0.39 is 0 Å². The van der Waals surface area contributed by atoms with Crippen LogP contribution < -0.4 is 5.32 Å². The molecule has 0 fully saturated rings. The van der Waals surface area contributed by atoms with Crippen molar-refractivity contribution in [3.8, 4) is 0 Å². The Kier molecular flexibility index (Phi) is 3.76. The predicted octanol–water partition coefficient (Wildman–Crippen LogP) is 3.07. The lowest BCUT2D eigenvalue weighted by molar-refractivity contribution is 0.449. The molecule has 0 amide bonds. The summed E-state index contributed by atoms with van der Waals surface area (Å²) in [5.41, 5.74) is 1.13. The van der Waals surface area contributed by atoms with E-state index in [1.165, 1.54) is 0 Å². The number of rotatable bonds is 4. The molecule has 0 saturated heterocycles. The monoisotopic (exact) mass is 212 g/mol. The Morgan fingerprint density at radius 3 is 2.71 bits per heavy atom. The van der Waals surface area contributed by atoms with E-state index in [4.69, 9.17) is 11.6 Å². The summed E-state index contributed by atoms with van der Waals surface area (Å²) in [6.45, 7) is 7.08. The Morgan fingerprint density at radius 2 is 2.14 bits per heavy atom. The van der Waals surface area contributed by atoms with E-state index in [0.717, 1.165) is 18.1 Å². The number of halogens is 1. The van der Waals surface area contributed by atoms with Crippen molar-refractivity contribution in [1.29, 1.82) is 0 Å². The number of aromatic nitrogens is 1. The van der Waals surface area contributed by atoms with E-state index in [1.54, 1.807) is 0 Å². The number of aryl methyl sites for hydroxylation is 1. The largest absolute Gasteiger partial charge is 0.369 e. The molecule has 0 atom stereocenters. The summed E-state index contributed by atoms with van der Waals surface area (Å²) in [7, 11) is 0. The molecule has 0 spiro atoms. The highest BCUT2D eigenvalue weighted by molar-refractivity contribution is 6.18. The highest BCUT2D eigenvalue weighted by atomic mass is 35.5. The summed E-state index contributed by atoms with van der Waals surface area (Å²) in [5, 5.41) is 3.28. The Labute approximate surface area is 90.7 Å². The van der Waals surface area contributed by atoms with E-state index in [9.17, 15) is 0 Å². The molecule has 0 aliphatic rings. The first kappa shape index (κ1) is 11.3. The average Bonchev–Trinajstić information content (AvgIpc) is 2.15. The van der Waals surface area contributed by atoms with E-state index in [-0.39, 0.29) is 5.41 Å². The zero-order valence-corrected chi connectivity index (χ0v) is 9.73. The van der Waals surface area contributed by atoms with Gasteiger partial charge < -0.3 is 5.32 Å². The molecule has 0 radical (unpaired) electrons.